The van der Waals surface area contributed by atoms with Crippen LogP contribution in [-0.4, -0.2) is 24.1 Å². The van der Waals surface area contributed by atoms with Gasteiger partial charge in [0.05, 0.1) is 0 Å². The van der Waals surface area contributed by atoms with Crippen LogP contribution in [-0.2, 0) is 9.53 Å². The minimum atomic E-state index is -0.601. The summed E-state index contributed by atoms with van der Waals surface area (Å²) >= 11 is 1.60. The highest BCUT2D eigenvalue weighted by Gasteiger charge is 2.43. The number of aliphatic imine (C=N–C) groups is 1. The van der Waals surface area contributed by atoms with E-state index >= 15 is 0 Å². The van der Waals surface area contributed by atoms with Crippen molar-refractivity contribution in [1.82, 2.24) is 10.6 Å². The second kappa shape index (κ2) is 4.98. The number of fused-ring (bicyclic) bond motifs is 1. The largest absolute Gasteiger partial charge is 0.460 e. The summed E-state index contributed by atoms with van der Waals surface area (Å²) in [4.78, 5) is 17.8. The highest BCUT2D eigenvalue weighted by atomic mass is 32.1. The average molecular weight is 299 g/mol. The van der Waals surface area contributed by atoms with Crippen molar-refractivity contribution < 1.29 is 9.53 Å². The molecular weight excluding hydrogens is 286 g/mol. The predicted octanol–water partition coefficient (Wildman–Crippen LogP) is 1.64. The molecule has 5 nitrogen and oxygen atoms in total. The molecule has 3 atom stereocenters. The number of nitrogens with one attached hydrogen (secondary N) is 2. The van der Waals surface area contributed by atoms with E-state index in [-0.39, 0.29) is 18.2 Å². The Kier molecular flexibility index (Phi) is 2.98. The van der Waals surface area contributed by atoms with E-state index in [0.717, 1.165) is 10.4 Å². The van der Waals surface area contributed by atoms with E-state index in [1.165, 1.54) is 0 Å². The van der Waals surface area contributed by atoms with Gasteiger partial charge >= 0.3 is 0 Å². The molecule has 3 heterocycles. The van der Waals surface area contributed by atoms with Gasteiger partial charge in [-0.05, 0) is 23.6 Å². The predicted molar refractivity (Wildman–Crippen MR) is 80.0 cm³/mol. The quantitative estimate of drug-likeness (QED) is 0.886. The van der Waals surface area contributed by atoms with Gasteiger partial charge in [0.2, 0.25) is 12.0 Å². The summed E-state index contributed by atoms with van der Waals surface area (Å²) < 4.78 is 5.71. The fourth-order valence-electron chi connectivity index (χ4n) is 2.50. The van der Waals surface area contributed by atoms with Gasteiger partial charge in [0, 0.05) is 10.4 Å². The van der Waals surface area contributed by atoms with Crippen molar-refractivity contribution in [3.05, 3.63) is 58.3 Å². The van der Waals surface area contributed by atoms with Crippen LogP contribution in [0.15, 0.2) is 52.8 Å². The second-order valence-corrected chi connectivity index (χ2v) is 5.89. The number of ether oxygens (including phenoxy) is 1. The summed E-state index contributed by atoms with van der Waals surface area (Å²) in [5.74, 6) is 0.381. The molecule has 1 amide bonds. The SMILES string of the molecule is O=C1NC(c2cccs2)NC2N=C(c3ccccc3)OC12. The lowest BCUT2D eigenvalue weighted by Gasteiger charge is -2.30. The molecule has 106 valence electrons. The van der Waals surface area contributed by atoms with E-state index < -0.39 is 6.10 Å². The van der Waals surface area contributed by atoms with Crippen molar-refractivity contribution in [1.29, 1.82) is 0 Å². The van der Waals surface area contributed by atoms with Gasteiger partial charge in [-0.1, -0.05) is 24.3 Å². The molecule has 4 rings (SSSR count). The number of hydrogen-bond acceptors (Lipinski definition) is 5. The Balaban J connectivity index is 1.60. The minimum Gasteiger partial charge on any atom is -0.460 e. The summed E-state index contributed by atoms with van der Waals surface area (Å²) in [6, 6.07) is 13.6. The van der Waals surface area contributed by atoms with E-state index in [2.05, 4.69) is 15.6 Å². The van der Waals surface area contributed by atoms with Crippen LogP contribution < -0.4 is 10.6 Å². The van der Waals surface area contributed by atoms with Crippen molar-refractivity contribution in [2.24, 2.45) is 4.99 Å². The zero-order valence-corrected chi connectivity index (χ0v) is 11.8. The Hall–Kier alpha value is -2.18. The van der Waals surface area contributed by atoms with Gasteiger partial charge < -0.3 is 10.1 Å². The van der Waals surface area contributed by atoms with Crippen molar-refractivity contribution in [2.75, 3.05) is 0 Å². The van der Waals surface area contributed by atoms with Crippen LogP contribution >= 0.6 is 11.3 Å². The van der Waals surface area contributed by atoms with Gasteiger partial charge in [0.25, 0.3) is 5.91 Å². The molecule has 21 heavy (non-hydrogen) atoms. The number of rotatable bonds is 2. The average Bonchev–Trinajstić information content (AvgIpc) is 3.17. The number of benzene rings is 1. The van der Waals surface area contributed by atoms with Crippen LogP contribution in [0.3, 0.4) is 0 Å². The number of amides is 1. The van der Waals surface area contributed by atoms with Gasteiger partial charge in [-0.25, -0.2) is 4.99 Å². The molecule has 0 radical (unpaired) electrons. The molecule has 1 fully saturated rings. The zero-order chi connectivity index (χ0) is 14.2. The normalized spacial score (nSPS) is 27.5. The maximum atomic E-state index is 12.2. The first-order valence-electron chi connectivity index (χ1n) is 6.71. The first-order chi connectivity index (χ1) is 10.3. The second-order valence-electron chi connectivity index (χ2n) is 4.91. The summed E-state index contributed by atoms with van der Waals surface area (Å²) in [6.07, 6.45) is -1.15. The van der Waals surface area contributed by atoms with Gasteiger partial charge in [-0.3, -0.25) is 10.1 Å². The van der Waals surface area contributed by atoms with Gasteiger partial charge in [-0.2, -0.15) is 0 Å². The molecule has 0 aliphatic carbocycles. The molecule has 1 aromatic heterocycles. The smallest absolute Gasteiger partial charge is 0.266 e. The van der Waals surface area contributed by atoms with Crippen LogP contribution in [0.1, 0.15) is 16.6 Å². The molecule has 0 bridgehead atoms. The maximum Gasteiger partial charge on any atom is 0.266 e. The van der Waals surface area contributed by atoms with Gasteiger partial charge in [-0.15, -0.1) is 11.3 Å². The molecule has 2 aromatic rings. The third-order valence-corrected chi connectivity index (χ3v) is 4.45. The fraction of sp³-hybridized carbons (Fsp3) is 0.200. The third-order valence-electron chi connectivity index (χ3n) is 3.51. The van der Waals surface area contributed by atoms with Crippen molar-refractivity contribution in [2.45, 2.75) is 18.4 Å². The lowest BCUT2D eigenvalue weighted by Crippen LogP contribution is -2.57. The van der Waals surface area contributed by atoms with Gasteiger partial charge in [0.15, 0.2) is 6.17 Å². The number of thiophene rings is 1. The topological polar surface area (TPSA) is 62.7 Å². The zero-order valence-electron chi connectivity index (χ0n) is 11.0. The fourth-order valence-corrected chi connectivity index (χ4v) is 3.23. The molecule has 1 aromatic carbocycles. The standard InChI is InChI=1S/C15H13N3O2S/c19-14-11-13(16-12(17-14)10-7-4-8-21-10)18-15(20-11)9-5-2-1-3-6-9/h1-8,11-13,16H,(H,17,19). The summed E-state index contributed by atoms with van der Waals surface area (Å²) in [5.41, 5.74) is 0.883. The van der Waals surface area contributed by atoms with Crippen molar-refractivity contribution in [3.8, 4) is 0 Å². The summed E-state index contributed by atoms with van der Waals surface area (Å²) in [7, 11) is 0. The lowest BCUT2D eigenvalue weighted by molar-refractivity contribution is -0.132. The minimum absolute atomic E-state index is 0.133. The number of hydrogen-bond donors (Lipinski definition) is 2. The Morgan fingerprint density at radius 2 is 2.00 bits per heavy atom. The first kappa shape index (κ1) is 12.6. The number of carbonyl (C=O) groups excluding carboxylic acids is 1. The molecular formula is C15H13N3O2S. The van der Waals surface area contributed by atoms with Crippen LogP contribution in [0, 0.1) is 0 Å². The summed E-state index contributed by atoms with van der Waals surface area (Å²) in [6.45, 7) is 0. The first-order valence-corrected chi connectivity index (χ1v) is 7.59. The van der Waals surface area contributed by atoms with Crippen molar-refractivity contribution >= 4 is 23.1 Å². The molecule has 6 heteroatoms. The molecule has 1 saturated heterocycles. The van der Waals surface area contributed by atoms with Crippen LogP contribution in [0.2, 0.25) is 0 Å². The van der Waals surface area contributed by atoms with E-state index in [1.807, 2.05) is 47.8 Å². The Labute approximate surface area is 125 Å². The molecule has 3 unspecified atom stereocenters. The third kappa shape index (κ3) is 2.22. The number of carbonyl (C=O) groups is 1. The Bertz CT molecular complexity index is 684. The monoisotopic (exact) mass is 299 g/mol. The van der Waals surface area contributed by atoms with Gasteiger partial charge in [0.1, 0.15) is 6.17 Å². The molecule has 0 saturated carbocycles. The number of nitrogens with zero attached hydrogens (tertiary/aromatic N) is 1. The molecule has 0 spiro atoms. The van der Waals surface area contributed by atoms with Crippen LogP contribution in [0.5, 0.6) is 0 Å². The maximum absolute atomic E-state index is 12.2. The van der Waals surface area contributed by atoms with Crippen LogP contribution in [0.25, 0.3) is 0 Å². The Morgan fingerprint density at radius 3 is 2.76 bits per heavy atom. The highest BCUT2D eigenvalue weighted by molar-refractivity contribution is 7.10. The lowest BCUT2D eigenvalue weighted by atomic mass is 10.2. The van der Waals surface area contributed by atoms with E-state index in [1.54, 1.807) is 11.3 Å². The molecule has 2 aliphatic rings. The van der Waals surface area contributed by atoms with Crippen molar-refractivity contribution in [3.63, 3.8) is 0 Å². The molecule has 2 N–H and O–H groups in total. The van der Waals surface area contributed by atoms with E-state index in [4.69, 9.17) is 4.74 Å². The summed E-state index contributed by atoms with van der Waals surface area (Å²) in [5, 5.41) is 8.22. The van der Waals surface area contributed by atoms with Crippen LogP contribution in [0.4, 0.5) is 0 Å². The highest BCUT2D eigenvalue weighted by Crippen LogP contribution is 2.26. The Morgan fingerprint density at radius 1 is 1.14 bits per heavy atom. The molecule has 2 aliphatic heterocycles. The van der Waals surface area contributed by atoms with E-state index in [0.29, 0.717) is 5.90 Å². The van der Waals surface area contributed by atoms with E-state index in [9.17, 15) is 4.79 Å².